The van der Waals surface area contributed by atoms with Crippen molar-refractivity contribution in [3.63, 3.8) is 0 Å². The summed E-state index contributed by atoms with van der Waals surface area (Å²) >= 11 is 5.40. The van der Waals surface area contributed by atoms with Gasteiger partial charge in [0.2, 0.25) is 0 Å². The molecule has 1 N–H and O–H groups in total. The van der Waals surface area contributed by atoms with Gasteiger partial charge in [-0.05, 0) is 24.3 Å². The van der Waals surface area contributed by atoms with Gasteiger partial charge in [-0.1, -0.05) is 0 Å². The fourth-order valence-electron chi connectivity index (χ4n) is 1.05. The smallest absolute Gasteiger partial charge is 0.387 e. The van der Waals surface area contributed by atoms with Gasteiger partial charge in [0.05, 0.1) is 0 Å². The average Bonchev–Trinajstić information content (AvgIpc) is 2.26. The number of ether oxygens (including phenoxy) is 1. The van der Waals surface area contributed by atoms with Crippen LogP contribution in [-0.2, 0) is 0 Å². The van der Waals surface area contributed by atoms with Gasteiger partial charge in [0.25, 0.3) is 5.91 Å². The van der Waals surface area contributed by atoms with Gasteiger partial charge in [0.15, 0.2) is 0 Å². The zero-order valence-electron chi connectivity index (χ0n) is 8.25. The molecule has 0 aliphatic heterocycles. The normalized spacial score (nSPS) is 10.2. The molecule has 0 bridgehead atoms. The molecule has 0 heterocycles. The molecule has 0 saturated carbocycles. The van der Waals surface area contributed by atoms with Gasteiger partial charge in [0, 0.05) is 18.0 Å². The Labute approximate surface area is 96.4 Å². The lowest BCUT2D eigenvalue weighted by Crippen LogP contribution is -2.25. The van der Waals surface area contributed by atoms with Crippen LogP contribution in [0.25, 0.3) is 0 Å². The second-order valence-electron chi connectivity index (χ2n) is 2.85. The Kier molecular flexibility index (Phi) is 4.98. The lowest BCUT2D eigenvalue weighted by Gasteiger charge is -2.06. The third-order valence-corrected chi connectivity index (χ3v) is 1.91. The highest BCUT2D eigenvalue weighted by molar-refractivity contribution is 6.18. The van der Waals surface area contributed by atoms with Crippen molar-refractivity contribution < 1.29 is 18.3 Å². The number of hydrogen-bond acceptors (Lipinski definition) is 2. The van der Waals surface area contributed by atoms with Crippen LogP contribution in [0.5, 0.6) is 5.75 Å². The fraction of sp³-hybridized carbons (Fsp3) is 0.300. The number of carbonyl (C=O) groups is 1. The van der Waals surface area contributed by atoms with E-state index in [0.717, 1.165) is 0 Å². The van der Waals surface area contributed by atoms with Gasteiger partial charge in [-0.3, -0.25) is 4.79 Å². The number of nitrogens with one attached hydrogen (secondary N) is 1. The van der Waals surface area contributed by atoms with Gasteiger partial charge >= 0.3 is 6.61 Å². The molecular weight excluding hydrogens is 240 g/mol. The van der Waals surface area contributed by atoms with Crippen molar-refractivity contribution in [1.29, 1.82) is 0 Å². The lowest BCUT2D eigenvalue weighted by molar-refractivity contribution is -0.0498. The number of halogens is 3. The first-order valence-electron chi connectivity index (χ1n) is 4.52. The van der Waals surface area contributed by atoms with Gasteiger partial charge in [0.1, 0.15) is 5.75 Å². The van der Waals surface area contributed by atoms with Crippen LogP contribution in [0.4, 0.5) is 8.78 Å². The summed E-state index contributed by atoms with van der Waals surface area (Å²) in [6.07, 6.45) is 0. The Morgan fingerprint density at radius 3 is 2.50 bits per heavy atom. The molecule has 0 unspecified atom stereocenters. The maximum atomic E-state index is 11.8. The summed E-state index contributed by atoms with van der Waals surface area (Å²) in [5.41, 5.74) is 0.367. The van der Waals surface area contributed by atoms with Crippen molar-refractivity contribution in [2.45, 2.75) is 6.61 Å². The van der Waals surface area contributed by atoms with Crippen LogP contribution in [0, 0.1) is 0 Å². The van der Waals surface area contributed by atoms with Crippen LogP contribution >= 0.6 is 11.6 Å². The quantitative estimate of drug-likeness (QED) is 0.813. The number of carbonyl (C=O) groups excluding carboxylic acids is 1. The summed E-state index contributed by atoms with van der Waals surface area (Å²) in [6.45, 7) is -2.51. The van der Waals surface area contributed by atoms with Crippen molar-refractivity contribution in [3.05, 3.63) is 29.8 Å². The molecule has 16 heavy (non-hydrogen) atoms. The highest BCUT2D eigenvalue weighted by Gasteiger charge is 2.07. The van der Waals surface area contributed by atoms with Gasteiger partial charge in [-0.15, -0.1) is 11.6 Å². The molecule has 0 saturated heterocycles. The van der Waals surface area contributed by atoms with Crippen LogP contribution in [0.2, 0.25) is 0 Å². The molecule has 3 nitrogen and oxygen atoms in total. The average molecular weight is 250 g/mol. The predicted molar refractivity (Wildman–Crippen MR) is 56.1 cm³/mol. The van der Waals surface area contributed by atoms with E-state index in [2.05, 4.69) is 10.1 Å². The van der Waals surface area contributed by atoms with E-state index in [1.165, 1.54) is 24.3 Å². The Balaban J connectivity index is 2.60. The Hall–Kier alpha value is -1.36. The summed E-state index contributed by atoms with van der Waals surface area (Å²) < 4.78 is 27.8. The van der Waals surface area contributed by atoms with Crippen LogP contribution in [0.15, 0.2) is 24.3 Å². The van der Waals surface area contributed by atoms with Crippen molar-refractivity contribution in [1.82, 2.24) is 5.32 Å². The molecule has 1 aromatic carbocycles. The number of benzene rings is 1. The Morgan fingerprint density at radius 1 is 1.38 bits per heavy atom. The molecule has 88 valence electrons. The molecule has 0 aliphatic carbocycles. The standard InChI is InChI=1S/C10H10ClF2NO2/c11-5-6-14-9(15)7-1-3-8(4-2-7)16-10(12)13/h1-4,10H,5-6H2,(H,14,15). The number of rotatable bonds is 5. The maximum absolute atomic E-state index is 11.8. The first-order valence-corrected chi connectivity index (χ1v) is 5.06. The summed E-state index contributed by atoms with van der Waals surface area (Å²) in [7, 11) is 0. The van der Waals surface area contributed by atoms with Crippen molar-refractivity contribution in [2.24, 2.45) is 0 Å². The zero-order chi connectivity index (χ0) is 12.0. The largest absolute Gasteiger partial charge is 0.435 e. The molecule has 0 spiro atoms. The Morgan fingerprint density at radius 2 is 2.00 bits per heavy atom. The lowest BCUT2D eigenvalue weighted by atomic mass is 10.2. The van der Waals surface area contributed by atoms with Crippen molar-refractivity contribution in [2.75, 3.05) is 12.4 Å². The maximum Gasteiger partial charge on any atom is 0.387 e. The van der Waals surface area contributed by atoms with Crippen molar-refractivity contribution in [3.8, 4) is 5.75 Å². The van der Waals surface area contributed by atoms with Crippen LogP contribution < -0.4 is 10.1 Å². The minimum Gasteiger partial charge on any atom is -0.435 e. The second-order valence-corrected chi connectivity index (χ2v) is 3.23. The van der Waals surface area contributed by atoms with Crippen LogP contribution in [0.3, 0.4) is 0 Å². The highest BCUT2D eigenvalue weighted by Crippen LogP contribution is 2.14. The van der Waals surface area contributed by atoms with E-state index in [1.54, 1.807) is 0 Å². The third-order valence-electron chi connectivity index (χ3n) is 1.72. The van der Waals surface area contributed by atoms with E-state index in [4.69, 9.17) is 11.6 Å². The van der Waals surface area contributed by atoms with Crippen molar-refractivity contribution >= 4 is 17.5 Å². The SMILES string of the molecule is O=C(NCCCl)c1ccc(OC(F)F)cc1. The third kappa shape index (κ3) is 4.02. The monoisotopic (exact) mass is 249 g/mol. The van der Waals surface area contributed by atoms with E-state index >= 15 is 0 Å². The summed E-state index contributed by atoms with van der Waals surface area (Å²) in [5.74, 6) is 0.0336. The van der Waals surface area contributed by atoms with Crippen LogP contribution in [-0.4, -0.2) is 24.9 Å². The van der Waals surface area contributed by atoms with Crippen LogP contribution in [0.1, 0.15) is 10.4 Å². The molecule has 0 atom stereocenters. The minimum atomic E-state index is -2.86. The molecule has 0 fully saturated rings. The first-order chi connectivity index (χ1) is 7.63. The fourth-order valence-corrected chi connectivity index (χ4v) is 1.15. The number of alkyl halides is 3. The second kappa shape index (κ2) is 6.27. The molecule has 1 aromatic rings. The molecule has 0 radical (unpaired) electrons. The van der Waals surface area contributed by atoms with Gasteiger partial charge < -0.3 is 10.1 Å². The topological polar surface area (TPSA) is 38.3 Å². The molecule has 1 amide bonds. The van der Waals surface area contributed by atoms with E-state index in [1.807, 2.05) is 0 Å². The van der Waals surface area contributed by atoms with E-state index in [9.17, 15) is 13.6 Å². The summed E-state index contributed by atoms with van der Waals surface area (Å²) in [6, 6.07) is 5.42. The van der Waals surface area contributed by atoms with E-state index in [0.29, 0.717) is 18.0 Å². The predicted octanol–water partition coefficient (Wildman–Crippen LogP) is 2.26. The molecule has 1 rings (SSSR count). The van der Waals surface area contributed by atoms with Gasteiger partial charge in [-0.2, -0.15) is 8.78 Å². The molecule has 0 aliphatic rings. The van der Waals surface area contributed by atoms with E-state index < -0.39 is 6.61 Å². The van der Waals surface area contributed by atoms with Gasteiger partial charge in [-0.25, -0.2) is 0 Å². The zero-order valence-corrected chi connectivity index (χ0v) is 9.01. The number of hydrogen-bond donors (Lipinski definition) is 1. The molecular formula is C10H10ClF2NO2. The first kappa shape index (κ1) is 12.7. The summed E-state index contributed by atoms with van der Waals surface area (Å²) in [4.78, 5) is 11.4. The highest BCUT2D eigenvalue weighted by atomic mass is 35.5. The Bertz CT molecular complexity index is 343. The van der Waals surface area contributed by atoms with E-state index in [-0.39, 0.29) is 11.7 Å². The molecule has 6 heteroatoms. The minimum absolute atomic E-state index is 0.0175. The summed E-state index contributed by atoms with van der Waals surface area (Å²) in [5, 5.41) is 2.55. The molecule has 0 aromatic heterocycles. The number of amides is 1.